The first-order valence-corrected chi connectivity index (χ1v) is 11.0. The highest BCUT2D eigenvalue weighted by molar-refractivity contribution is 6.30. The Kier molecular flexibility index (Phi) is 7.63. The second-order valence-electron chi connectivity index (χ2n) is 7.38. The third kappa shape index (κ3) is 6.05. The van der Waals surface area contributed by atoms with E-state index in [1.165, 1.54) is 6.21 Å². The zero-order chi connectivity index (χ0) is 23.8. The number of nitrogens with one attached hydrogen (secondary N) is 1. The highest BCUT2D eigenvalue weighted by atomic mass is 35.5. The van der Waals surface area contributed by atoms with E-state index in [0.717, 1.165) is 21.9 Å². The van der Waals surface area contributed by atoms with Gasteiger partial charge >= 0.3 is 0 Å². The lowest BCUT2D eigenvalue weighted by molar-refractivity contribution is -0.123. The summed E-state index contributed by atoms with van der Waals surface area (Å²) in [5.41, 5.74) is 4.21. The van der Waals surface area contributed by atoms with E-state index in [9.17, 15) is 4.79 Å². The van der Waals surface area contributed by atoms with Crippen LogP contribution in [0.2, 0.25) is 5.02 Å². The molecule has 172 valence electrons. The first-order chi connectivity index (χ1) is 16.6. The van der Waals surface area contributed by atoms with Crippen molar-refractivity contribution in [1.29, 1.82) is 0 Å². The SMILES string of the molecule is COc1cc(C=NNC(=O)COc2cccc3ccccc23)ccc1OCc1ccc(Cl)cc1. The first kappa shape index (κ1) is 23.1. The third-order valence-electron chi connectivity index (χ3n) is 5.01. The number of carbonyl (C=O) groups excluding carboxylic acids is 1. The number of hydrazone groups is 1. The molecular weight excluding hydrogens is 452 g/mol. The van der Waals surface area contributed by atoms with Gasteiger partial charge in [0.2, 0.25) is 0 Å². The maximum atomic E-state index is 12.2. The van der Waals surface area contributed by atoms with E-state index < -0.39 is 0 Å². The van der Waals surface area contributed by atoms with Crippen molar-refractivity contribution in [2.45, 2.75) is 6.61 Å². The van der Waals surface area contributed by atoms with Crippen molar-refractivity contribution in [3.05, 3.63) is 101 Å². The standard InChI is InChI=1S/C27H23ClN2O4/c1-32-26-15-20(11-14-25(26)33-17-19-9-12-22(28)13-10-19)16-29-30-27(31)18-34-24-8-4-6-21-5-2-3-7-23(21)24/h2-16H,17-18H2,1H3,(H,30,31). The van der Waals surface area contributed by atoms with Crippen LogP contribution in [0.1, 0.15) is 11.1 Å². The number of nitrogens with zero attached hydrogens (tertiary/aromatic N) is 1. The molecule has 0 unspecified atom stereocenters. The van der Waals surface area contributed by atoms with Crippen LogP contribution in [0.4, 0.5) is 0 Å². The Balaban J connectivity index is 1.31. The summed E-state index contributed by atoms with van der Waals surface area (Å²) in [5.74, 6) is 1.45. The van der Waals surface area contributed by atoms with Crippen molar-refractivity contribution in [2.75, 3.05) is 13.7 Å². The molecule has 0 radical (unpaired) electrons. The van der Waals surface area contributed by atoms with E-state index in [1.807, 2.05) is 72.8 Å². The average molecular weight is 475 g/mol. The zero-order valence-corrected chi connectivity index (χ0v) is 19.3. The summed E-state index contributed by atoms with van der Waals surface area (Å²) in [5, 5.41) is 6.69. The summed E-state index contributed by atoms with van der Waals surface area (Å²) in [7, 11) is 1.57. The van der Waals surface area contributed by atoms with E-state index in [0.29, 0.717) is 28.9 Å². The molecule has 0 aliphatic rings. The number of benzene rings is 4. The molecule has 0 atom stereocenters. The van der Waals surface area contributed by atoms with Crippen LogP contribution in [0.25, 0.3) is 10.8 Å². The fourth-order valence-corrected chi connectivity index (χ4v) is 3.43. The molecule has 0 aliphatic heterocycles. The van der Waals surface area contributed by atoms with Gasteiger partial charge in [0, 0.05) is 10.4 Å². The molecule has 1 amide bonds. The van der Waals surface area contributed by atoms with Gasteiger partial charge in [-0.05, 0) is 52.9 Å². The summed E-state index contributed by atoms with van der Waals surface area (Å²) >= 11 is 5.92. The molecule has 0 saturated carbocycles. The molecule has 0 spiro atoms. The van der Waals surface area contributed by atoms with Gasteiger partial charge in [-0.25, -0.2) is 5.43 Å². The molecule has 0 aromatic heterocycles. The van der Waals surface area contributed by atoms with Crippen molar-refractivity contribution >= 4 is 34.5 Å². The van der Waals surface area contributed by atoms with E-state index in [2.05, 4.69) is 10.5 Å². The average Bonchev–Trinajstić information content (AvgIpc) is 2.87. The van der Waals surface area contributed by atoms with Gasteiger partial charge in [-0.3, -0.25) is 4.79 Å². The molecule has 6 nitrogen and oxygen atoms in total. The monoisotopic (exact) mass is 474 g/mol. The Morgan fingerprint density at radius 2 is 1.71 bits per heavy atom. The number of ether oxygens (including phenoxy) is 3. The Hall–Kier alpha value is -4.03. The highest BCUT2D eigenvalue weighted by Gasteiger charge is 2.07. The minimum Gasteiger partial charge on any atom is -0.493 e. The molecule has 0 fully saturated rings. The van der Waals surface area contributed by atoms with Crippen LogP contribution in [-0.4, -0.2) is 25.8 Å². The zero-order valence-electron chi connectivity index (χ0n) is 18.5. The fourth-order valence-electron chi connectivity index (χ4n) is 3.30. The van der Waals surface area contributed by atoms with Crippen molar-refractivity contribution < 1.29 is 19.0 Å². The quantitative estimate of drug-likeness (QED) is 0.253. The van der Waals surface area contributed by atoms with Gasteiger partial charge in [-0.1, -0.05) is 60.1 Å². The Bertz CT molecular complexity index is 1300. The van der Waals surface area contributed by atoms with E-state index in [1.54, 1.807) is 19.2 Å². The molecule has 34 heavy (non-hydrogen) atoms. The van der Waals surface area contributed by atoms with Gasteiger partial charge < -0.3 is 14.2 Å². The molecule has 0 saturated heterocycles. The summed E-state index contributed by atoms with van der Waals surface area (Å²) < 4.78 is 17.0. The molecule has 4 rings (SSSR count). The summed E-state index contributed by atoms with van der Waals surface area (Å²) in [6.45, 7) is 0.236. The van der Waals surface area contributed by atoms with Crippen molar-refractivity contribution in [2.24, 2.45) is 5.10 Å². The Morgan fingerprint density at radius 3 is 2.53 bits per heavy atom. The van der Waals surface area contributed by atoms with E-state index in [-0.39, 0.29) is 12.5 Å². The first-order valence-electron chi connectivity index (χ1n) is 10.6. The minimum absolute atomic E-state index is 0.147. The highest BCUT2D eigenvalue weighted by Crippen LogP contribution is 2.28. The van der Waals surface area contributed by atoms with Crippen LogP contribution in [-0.2, 0) is 11.4 Å². The minimum atomic E-state index is -0.362. The molecule has 1 N–H and O–H groups in total. The number of hydrogen-bond acceptors (Lipinski definition) is 5. The van der Waals surface area contributed by atoms with Crippen molar-refractivity contribution in [3.63, 3.8) is 0 Å². The fraction of sp³-hybridized carbons (Fsp3) is 0.111. The third-order valence-corrected chi connectivity index (χ3v) is 5.26. The second kappa shape index (κ2) is 11.2. The number of carbonyl (C=O) groups is 1. The number of methoxy groups -OCH3 is 1. The molecule has 4 aromatic carbocycles. The lowest BCUT2D eigenvalue weighted by Crippen LogP contribution is -2.24. The second-order valence-corrected chi connectivity index (χ2v) is 7.82. The number of rotatable bonds is 9. The van der Waals surface area contributed by atoms with Gasteiger partial charge in [0.25, 0.3) is 5.91 Å². The van der Waals surface area contributed by atoms with Gasteiger partial charge in [0.1, 0.15) is 12.4 Å². The lowest BCUT2D eigenvalue weighted by Gasteiger charge is -2.11. The van der Waals surface area contributed by atoms with Gasteiger partial charge in [0.05, 0.1) is 13.3 Å². The predicted octanol–water partition coefficient (Wildman–Crippen LogP) is 5.61. The normalized spacial score (nSPS) is 10.9. The molecule has 7 heteroatoms. The molecular formula is C27H23ClN2O4. The van der Waals surface area contributed by atoms with Crippen LogP contribution >= 0.6 is 11.6 Å². The summed E-state index contributed by atoms with van der Waals surface area (Å²) in [6, 6.07) is 26.4. The molecule has 0 heterocycles. The topological polar surface area (TPSA) is 69.2 Å². The molecule has 0 aliphatic carbocycles. The lowest BCUT2D eigenvalue weighted by atomic mass is 10.1. The number of hydrogen-bond donors (Lipinski definition) is 1. The Labute approximate surface area is 202 Å². The van der Waals surface area contributed by atoms with Crippen molar-refractivity contribution in [1.82, 2.24) is 5.43 Å². The predicted molar refractivity (Wildman–Crippen MR) is 134 cm³/mol. The maximum Gasteiger partial charge on any atom is 0.277 e. The summed E-state index contributed by atoms with van der Waals surface area (Å²) in [6.07, 6.45) is 1.53. The van der Waals surface area contributed by atoms with Gasteiger partial charge in [0.15, 0.2) is 18.1 Å². The number of halogens is 1. The van der Waals surface area contributed by atoms with Crippen LogP contribution in [0.15, 0.2) is 90.0 Å². The van der Waals surface area contributed by atoms with Crippen LogP contribution in [0, 0.1) is 0 Å². The van der Waals surface area contributed by atoms with Crippen LogP contribution in [0.3, 0.4) is 0 Å². The summed E-state index contributed by atoms with van der Waals surface area (Å²) in [4.78, 5) is 12.2. The number of fused-ring (bicyclic) bond motifs is 1. The van der Waals surface area contributed by atoms with Crippen LogP contribution in [0.5, 0.6) is 17.2 Å². The maximum absolute atomic E-state index is 12.2. The largest absolute Gasteiger partial charge is 0.493 e. The number of amides is 1. The van der Waals surface area contributed by atoms with E-state index in [4.69, 9.17) is 25.8 Å². The van der Waals surface area contributed by atoms with E-state index >= 15 is 0 Å². The molecule has 4 aromatic rings. The molecule has 0 bridgehead atoms. The van der Waals surface area contributed by atoms with Gasteiger partial charge in [-0.2, -0.15) is 5.10 Å². The Morgan fingerprint density at radius 1 is 0.912 bits per heavy atom. The van der Waals surface area contributed by atoms with Crippen molar-refractivity contribution in [3.8, 4) is 17.2 Å². The van der Waals surface area contributed by atoms with Crippen LogP contribution < -0.4 is 19.6 Å². The smallest absolute Gasteiger partial charge is 0.277 e. The van der Waals surface area contributed by atoms with Gasteiger partial charge in [-0.15, -0.1) is 0 Å².